The number of carboxylic acids is 1. The van der Waals surface area contributed by atoms with Crippen molar-refractivity contribution in [2.45, 2.75) is 46.2 Å². The van der Waals surface area contributed by atoms with Crippen LogP contribution in [0.2, 0.25) is 0 Å². The first-order valence-electron chi connectivity index (χ1n) is 12.0. The minimum absolute atomic E-state index is 0.165. The maximum absolute atomic E-state index is 13.0. The Balaban J connectivity index is 1.48. The third-order valence-electron chi connectivity index (χ3n) is 6.39. The SMILES string of the molecule is CCCc1ccc(C(=O)Nc2ccc(-c3ccc4c(c3)C(=O)N([C@H](C(=O)O)C(C)C)C4)cc2)cc1. The summed E-state index contributed by atoms with van der Waals surface area (Å²) in [6, 6.07) is 19.9. The molecule has 0 radical (unpaired) electrons. The van der Waals surface area contributed by atoms with E-state index in [1.165, 1.54) is 10.5 Å². The number of hydrogen-bond donors (Lipinski definition) is 2. The second-order valence-electron chi connectivity index (χ2n) is 9.31. The number of carbonyl (C=O) groups is 3. The minimum Gasteiger partial charge on any atom is -0.480 e. The molecule has 0 bridgehead atoms. The maximum Gasteiger partial charge on any atom is 0.326 e. The zero-order valence-electron chi connectivity index (χ0n) is 20.2. The topological polar surface area (TPSA) is 86.7 Å². The van der Waals surface area contributed by atoms with Crippen LogP contribution in [0.5, 0.6) is 0 Å². The fourth-order valence-electron chi connectivity index (χ4n) is 4.57. The van der Waals surface area contributed by atoms with E-state index in [-0.39, 0.29) is 17.7 Å². The third-order valence-corrected chi connectivity index (χ3v) is 6.39. The van der Waals surface area contributed by atoms with E-state index in [9.17, 15) is 19.5 Å². The summed E-state index contributed by atoms with van der Waals surface area (Å²) in [5.74, 6) is -1.60. The molecule has 0 spiro atoms. The number of fused-ring (bicyclic) bond motifs is 1. The fraction of sp³-hybridized carbons (Fsp3) is 0.276. The molecule has 0 fully saturated rings. The lowest BCUT2D eigenvalue weighted by Crippen LogP contribution is -2.44. The molecule has 6 nitrogen and oxygen atoms in total. The van der Waals surface area contributed by atoms with E-state index >= 15 is 0 Å². The molecule has 35 heavy (non-hydrogen) atoms. The number of benzene rings is 3. The largest absolute Gasteiger partial charge is 0.480 e. The van der Waals surface area contributed by atoms with Crippen LogP contribution in [0.15, 0.2) is 66.7 Å². The number of aryl methyl sites for hydroxylation is 1. The van der Waals surface area contributed by atoms with Gasteiger partial charge in [0.05, 0.1) is 0 Å². The first-order chi connectivity index (χ1) is 16.8. The number of nitrogens with one attached hydrogen (secondary N) is 1. The molecule has 0 aromatic heterocycles. The van der Waals surface area contributed by atoms with Crippen molar-refractivity contribution in [3.8, 4) is 11.1 Å². The highest BCUT2D eigenvalue weighted by molar-refractivity contribution is 6.04. The Morgan fingerprint density at radius 3 is 2.23 bits per heavy atom. The van der Waals surface area contributed by atoms with Gasteiger partial charge in [0, 0.05) is 23.4 Å². The number of anilines is 1. The zero-order chi connectivity index (χ0) is 25.1. The monoisotopic (exact) mass is 470 g/mol. The third kappa shape index (κ3) is 5.11. The van der Waals surface area contributed by atoms with Crippen LogP contribution >= 0.6 is 0 Å². The van der Waals surface area contributed by atoms with Crippen LogP contribution in [-0.2, 0) is 17.8 Å². The van der Waals surface area contributed by atoms with E-state index in [0.29, 0.717) is 23.4 Å². The molecule has 1 aliphatic rings. The van der Waals surface area contributed by atoms with Crippen LogP contribution in [0.4, 0.5) is 5.69 Å². The normalized spacial score (nSPS) is 13.6. The van der Waals surface area contributed by atoms with Gasteiger partial charge in [0.2, 0.25) is 0 Å². The maximum atomic E-state index is 13.0. The van der Waals surface area contributed by atoms with Crippen molar-refractivity contribution in [2.75, 3.05) is 5.32 Å². The van der Waals surface area contributed by atoms with Gasteiger partial charge in [0.1, 0.15) is 6.04 Å². The van der Waals surface area contributed by atoms with E-state index in [2.05, 4.69) is 12.2 Å². The van der Waals surface area contributed by atoms with E-state index in [4.69, 9.17) is 0 Å². The Bertz CT molecular complexity index is 1250. The summed E-state index contributed by atoms with van der Waals surface area (Å²) in [5, 5.41) is 12.5. The average molecular weight is 471 g/mol. The molecule has 1 heterocycles. The molecule has 3 aromatic carbocycles. The van der Waals surface area contributed by atoms with Gasteiger partial charge in [0.25, 0.3) is 11.8 Å². The van der Waals surface area contributed by atoms with Gasteiger partial charge in [0.15, 0.2) is 0 Å². The molecule has 3 aromatic rings. The highest BCUT2D eigenvalue weighted by Gasteiger charge is 2.38. The van der Waals surface area contributed by atoms with Crippen LogP contribution in [0.3, 0.4) is 0 Å². The number of carboxylic acid groups (broad SMARTS) is 1. The molecule has 180 valence electrons. The number of hydrogen-bond acceptors (Lipinski definition) is 3. The first kappa shape index (κ1) is 24.2. The average Bonchev–Trinajstić information content (AvgIpc) is 3.15. The number of rotatable bonds is 8. The summed E-state index contributed by atoms with van der Waals surface area (Å²) in [5.41, 5.74) is 5.64. The molecule has 2 N–H and O–H groups in total. The predicted octanol–water partition coefficient (Wildman–Crippen LogP) is 5.62. The van der Waals surface area contributed by atoms with E-state index < -0.39 is 12.0 Å². The van der Waals surface area contributed by atoms with E-state index in [1.807, 2.05) is 80.6 Å². The lowest BCUT2D eigenvalue weighted by molar-refractivity contribution is -0.144. The number of carbonyl (C=O) groups excluding carboxylic acids is 2. The van der Waals surface area contributed by atoms with Crippen LogP contribution in [0.1, 0.15) is 59.0 Å². The van der Waals surface area contributed by atoms with Crippen LogP contribution < -0.4 is 5.32 Å². The summed E-state index contributed by atoms with van der Waals surface area (Å²) in [6.07, 6.45) is 2.06. The van der Waals surface area contributed by atoms with Crippen LogP contribution in [-0.4, -0.2) is 33.8 Å². The second-order valence-corrected chi connectivity index (χ2v) is 9.31. The smallest absolute Gasteiger partial charge is 0.326 e. The second kappa shape index (κ2) is 10.1. The Hall–Kier alpha value is -3.93. The van der Waals surface area contributed by atoms with Crippen molar-refractivity contribution >= 4 is 23.5 Å². The summed E-state index contributed by atoms with van der Waals surface area (Å²) in [7, 11) is 0. The van der Waals surface area contributed by atoms with Crippen LogP contribution in [0.25, 0.3) is 11.1 Å². The van der Waals surface area contributed by atoms with Gasteiger partial charge in [-0.3, -0.25) is 9.59 Å². The number of nitrogens with zero attached hydrogens (tertiary/aromatic N) is 1. The van der Waals surface area contributed by atoms with Gasteiger partial charge in [-0.2, -0.15) is 0 Å². The van der Waals surface area contributed by atoms with Crippen molar-refractivity contribution in [3.05, 3.63) is 89.0 Å². The molecular weight excluding hydrogens is 440 g/mol. The van der Waals surface area contributed by atoms with Gasteiger partial charge in [-0.1, -0.05) is 63.6 Å². The molecule has 4 rings (SSSR count). The van der Waals surface area contributed by atoms with E-state index in [0.717, 1.165) is 29.5 Å². The summed E-state index contributed by atoms with van der Waals surface area (Å²) >= 11 is 0. The molecule has 1 aliphatic heterocycles. The Morgan fingerprint density at radius 1 is 0.971 bits per heavy atom. The fourth-order valence-corrected chi connectivity index (χ4v) is 4.57. The quantitative estimate of drug-likeness (QED) is 0.447. The Kier molecular flexibility index (Phi) is 7.01. The summed E-state index contributed by atoms with van der Waals surface area (Å²) in [6.45, 7) is 6.04. The number of amides is 2. The standard InChI is InChI=1S/C29H30N2O4/c1-4-5-19-6-8-21(9-7-19)27(32)30-24-14-12-20(13-15-24)22-10-11-23-17-31(28(33)25(23)16-22)26(18(2)3)29(34)35/h6-16,18,26H,4-5,17H2,1-3H3,(H,30,32)(H,34,35)/t26-/m0/s1. The molecule has 2 amide bonds. The van der Waals surface area contributed by atoms with Gasteiger partial charge < -0.3 is 15.3 Å². The van der Waals surface area contributed by atoms with Crippen molar-refractivity contribution < 1.29 is 19.5 Å². The van der Waals surface area contributed by atoms with Gasteiger partial charge in [-0.25, -0.2) is 4.79 Å². The Labute approximate surface area is 205 Å². The highest BCUT2D eigenvalue weighted by atomic mass is 16.4. The molecular formula is C29H30N2O4. The molecule has 6 heteroatoms. The highest BCUT2D eigenvalue weighted by Crippen LogP contribution is 2.31. The zero-order valence-corrected chi connectivity index (χ0v) is 20.2. The molecule has 0 unspecified atom stereocenters. The lowest BCUT2D eigenvalue weighted by Gasteiger charge is -2.27. The van der Waals surface area contributed by atoms with Crippen molar-refractivity contribution in [1.82, 2.24) is 4.90 Å². The van der Waals surface area contributed by atoms with Crippen molar-refractivity contribution in [3.63, 3.8) is 0 Å². The van der Waals surface area contributed by atoms with Gasteiger partial charge in [-0.05, 0) is 64.9 Å². The summed E-state index contributed by atoms with van der Waals surface area (Å²) in [4.78, 5) is 38.8. The van der Waals surface area contributed by atoms with E-state index in [1.54, 1.807) is 0 Å². The predicted molar refractivity (Wildman–Crippen MR) is 136 cm³/mol. The molecule has 1 atom stereocenters. The lowest BCUT2D eigenvalue weighted by atomic mass is 10.00. The number of aliphatic carboxylic acids is 1. The molecule has 0 saturated carbocycles. The minimum atomic E-state index is -0.990. The first-order valence-corrected chi connectivity index (χ1v) is 12.0. The molecule has 0 aliphatic carbocycles. The summed E-state index contributed by atoms with van der Waals surface area (Å²) < 4.78 is 0. The van der Waals surface area contributed by atoms with Gasteiger partial charge in [-0.15, -0.1) is 0 Å². The van der Waals surface area contributed by atoms with Crippen molar-refractivity contribution in [2.24, 2.45) is 5.92 Å². The Morgan fingerprint density at radius 2 is 1.63 bits per heavy atom. The van der Waals surface area contributed by atoms with Crippen molar-refractivity contribution in [1.29, 1.82) is 0 Å². The molecule has 0 saturated heterocycles. The van der Waals surface area contributed by atoms with Crippen LogP contribution in [0, 0.1) is 5.92 Å². The van der Waals surface area contributed by atoms with Gasteiger partial charge >= 0.3 is 5.97 Å².